The summed E-state index contributed by atoms with van der Waals surface area (Å²) in [5, 5.41) is 1.88. The third-order valence-electron chi connectivity index (χ3n) is 2.39. The van der Waals surface area contributed by atoms with Crippen LogP contribution in [-0.2, 0) is 6.54 Å². The molecular weight excluding hydrogens is 314 g/mol. The van der Waals surface area contributed by atoms with Gasteiger partial charge in [0.05, 0.1) is 10.4 Å². The SMILES string of the molecule is Br.CC(=O)c1ccc[n+](CC(=O)c2cccs2)c1. The predicted octanol–water partition coefficient (Wildman–Crippen LogP) is 2.70. The molecule has 0 bridgehead atoms. The number of nitrogens with zero attached hydrogens (tertiary/aromatic N) is 1. The van der Waals surface area contributed by atoms with Crippen molar-refractivity contribution in [2.24, 2.45) is 0 Å². The number of halogens is 1. The Morgan fingerprint density at radius 2 is 2.06 bits per heavy atom. The second-order valence-corrected chi connectivity index (χ2v) is 4.67. The zero-order chi connectivity index (χ0) is 12.3. The van der Waals surface area contributed by atoms with E-state index in [2.05, 4.69) is 0 Å². The van der Waals surface area contributed by atoms with Gasteiger partial charge in [0, 0.05) is 6.07 Å². The summed E-state index contributed by atoms with van der Waals surface area (Å²) in [6.07, 6.45) is 3.49. The maximum Gasteiger partial charge on any atom is 0.237 e. The first kappa shape index (κ1) is 14.7. The number of carbonyl (C=O) groups is 2. The highest BCUT2D eigenvalue weighted by Crippen LogP contribution is 2.09. The lowest BCUT2D eigenvalue weighted by molar-refractivity contribution is -0.683. The fourth-order valence-electron chi connectivity index (χ4n) is 1.51. The topological polar surface area (TPSA) is 38.0 Å². The molecule has 0 saturated heterocycles. The Hall–Kier alpha value is -1.33. The standard InChI is InChI=1S/C13H12NO2S.BrH/c1-10(15)11-4-2-6-14(8-11)9-12(16)13-5-3-7-17-13;/h2-8H,9H2,1H3;1H/q+1;. The van der Waals surface area contributed by atoms with Gasteiger partial charge in [0.25, 0.3) is 0 Å². The van der Waals surface area contributed by atoms with E-state index in [0.29, 0.717) is 5.56 Å². The molecule has 0 amide bonds. The van der Waals surface area contributed by atoms with Crippen LogP contribution in [0.3, 0.4) is 0 Å². The van der Waals surface area contributed by atoms with E-state index in [4.69, 9.17) is 0 Å². The third-order valence-corrected chi connectivity index (χ3v) is 3.30. The van der Waals surface area contributed by atoms with Crippen molar-refractivity contribution in [3.05, 3.63) is 52.5 Å². The largest absolute Gasteiger partial charge is 0.294 e. The summed E-state index contributed by atoms with van der Waals surface area (Å²) in [6.45, 7) is 1.78. The molecule has 0 fully saturated rings. The summed E-state index contributed by atoms with van der Waals surface area (Å²) < 4.78 is 1.73. The lowest BCUT2D eigenvalue weighted by atomic mass is 10.2. The van der Waals surface area contributed by atoms with Crippen molar-refractivity contribution in [2.45, 2.75) is 13.5 Å². The molecule has 0 aromatic carbocycles. The number of ketones is 2. The minimum absolute atomic E-state index is 0. The highest BCUT2D eigenvalue weighted by molar-refractivity contribution is 8.93. The zero-order valence-corrected chi connectivity index (χ0v) is 12.4. The van der Waals surface area contributed by atoms with Crippen LogP contribution in [0.25, 0.3) is 0 Å². The fraction of sp³-hybridized carbons (Fsp3) is 0.154. The number of hydrogen-bond acceptors (Lipinski definition) is 3. The summed E-state index contributed by atoms with van der Waals surface area (Å²) in [5.41, 5.74) is 0.617. The Bertz CT molecular complexity index is 552. The molecule has 0 unspecified atom stereocenters. The van der Waals surface area contributed by atoms with Gasteiger partial charge in [-0.15, -0.1) is 28.3 Å². The van der Waals surface area contributed by atoms with Crippen molar-refractivity contribution in [1.29, 1.82) is 0 Å². The Morgan fingerprint density at radius 1 is 1.28 bits per heavy atom. The van der Waals surface area contributed by atoms with E-state index >= 15 is 0 Å². The van der Waals surface area contributed by atoms with E-state index in [1.807, 2.05) is 17.5 Å². The van der Waals surface area contributed by atoms with Crippen molar-refractivity contribution in [2.75, 3.05) is 0 Å². The van der Waals surface area contributed by atoms with Crippen molar-refractivity contribution < 1.29 is 14.2 Å². The molecule has 94 valence electrons. The van der Waals surface area contributed by atoms with E-state index in [0.717, 1.165) is 4.88 Å². The minimum Gasteiger partial charge on any atom is -0.294 e. The maximum absolute atomic E-state index is 11.9. The highest BCUT2D eigenvalue weighted by atomic mass is 79.9. The number of thiophene rings is 1. The van der Waals surface area contributed by atoms with Crippen LogP contribution in [0.2, 0.25) is 0 Å². The van der Waals surface area contributed by atoms with Gasteiger partial charge in [-0.05, 0) is 24.4 Å². The number of pyridine rings is 1. The van der Waals surface area contributed by atoms with Crippen LogP contribution in [0, 0.1) is 0 Å². The van der Waals surface area contributed by atoms with Crippen molar-refractivity contribution >= 4 is 39.9 Å². The Labute approximate surface area is 120 Å². The Morgan fingerprint density at radius 3 is 2.67 bits per heavy atom. The van der Waals surface area contributed by atoms with E-state index in [1.54, 1.807) is 29.1 Å². The molecule has 2 rings (SSSR count). The Kier molecular flexibility index (Phi) is 5.37. The van der Waals surface area contributed by atoms with Crippen molar-refractivity contribution in [3.8, 4) is 0 Å². The number of rotatable bonds is 4. The number of carbonyl (C=O) groups excluding carboxylic acids is 2. The lowest BCUT2D eigenvalue weighted by Crippen LogP contribution is -2.37. The van der Waals surface area contributed by atoms with E-state index in [-0.39, 0.29) is 35.1 Å². The van der Waals surface area contributed by atoms with Gasteiger partial charge in [0.1, 0.15) is 0 Å². The molecule has 5 heteroatoms. The molecule has 0 aliphatic heterocycles. The first-order valence-corrected chi connectivity index (χ1v) is 6.11. The summed E-state index contributed by atoms with van der Waals surface area (Å²) in [6, 6.07) is 7.18. The predicted molar refractivity (Wildman–Crippen MR) is 75.6 cm³/mol. The molecule has 0 atom stereocenters. The molecule has 0 radical (unpaired) electrons. The molecule has 0 aliphatic rings. The second kappa shape index (κ2) is 6.56. The van der Waals surface area contributed by atoms with Gasteiger partial charge in [-0.2, -0.15) is 4.57 Å². The molecule has 0 aliphatic carbocycles. The molecule has 18 heavy (non-hydrogen) atoms. The summed E-state index contributed by atoms with van der Waals surface area (Å²) in [5.74, 6) is 0.0635. The summed E-state index contributed by atoms with van der Waals surface area (Å²) >= 11 is 1.43. The molecule has 3 nitrogen and oxygen atoms in total. The van der Waals surface area contributed by atoms with Crippen molar-refractivity contribution in [1.82, 2.24) is 0 Å². The molecule has 0 saturated carbocycles. The first-order chi connectivity index (χ1) is 8.16. The average molecular weight is 327 g/mol. The van der Waals surface area contributed by atoms with Gasteiger partial charge < -0.3 is 0 Å². The third kappa shape index (κ3) is 3.58. The summed E-state index contributed by atoms with van der Waals surface area (Å²) in [4.78, 5) is 23.8. The molecule has 0 spiro atoms. The van der Waals surface area contributed by atoms with Crippen LogP contribution in [0.15, 0.2) is 42.0 Å². The average Bonchev–Trinajstić information content (AvgIpc) is 2.82. The van der Waals surface area contributed by atoms with E-state index < -0.39 is 0 Å². The minimum atomic E-state index is 0. The van der Waals surface area contributed by atoms with Gasteiger partial charge in [-0.1, -0.05) is 6.07 Å². The van der Waals surface area contributed by atoms with Gasteiger partial charge in [0.15, 0.2) is 18.2 Å². The van der Waals surface area contributed by atoms with Gasteiger partial charge in [0.2, 0.25) is 12.3 Å². The smallest absolute Gasteiger partial charge is 0.237 e. The normalized spacial score (nSPS) is 9.61. The number of Topliss-reactive ketones (excluding diaryl/α,β-unsaturated/α-hetero) is 2. The van der Waals surface area contributed by atoms with Gasteiger partial charge in [-0.3, -0.25) is 9.59 Å². The van der Waals surface area contributed by atoms with Crippen LogP contribution in [0.5, 0.6) is 0 Å². The van der Waals surface area contributed by atoms with Crippen LogP contribution in [0.4, 0.5) is 0 Å². The maximum atomic E-state index is 11.9. The van der Waals surface area contributed by atoms with Gasteiger partial charge >= 0.3 is 0 Å². The lowest BCUT2D eigenvalue weighted by Gasteiger charge is -1.97. The zero-order valence-electron chi connectivity index (χ0n) is 9.83. The van der Waals surface area contributed by atoms with Crippen LogP contribution in [0.1, 0.15) is 27.0 Å². The monoisotopic (exact) mass is 326 g/mol. The molecule has 2 heterocycles. The summed E-state index contributed by atoms with van der Waals surface area (Å²) in [7, 11) is 0. The van der Waals surface area contributed by atoms with Gasteiger partial charge in [-0.25, -0.2) is 0 Å². The fourth-order valence-corrected chi connectivity index (χ4v) is 2.17. The van der Waals surface area contributed by atoms with Crippen LogP contribution < -0.4 is 4.57 Å². The van der Waals surface area contributed by atoms with Crippen molar-refractivity contribution in [3.63, 3.8) is 0 Å². The van der Waals surface area contributed by atoms with Crippen LogP contribution >= 0.6 is 28.3 Å². The molecule has 2 aromatic rings. The number of aromatic nitrogens is 1. The van der Waals surface area contributed by atoms with Crippen LogP contribution in [-0.4, -0.2) is 11.6 Å². The first-order valence-electron chi connectivity index (χ1n) is 5.23. The molecule has 2 aromatic heterocycles. The van der Waals surface area contributed by atoms with E-state index in [9.17, 15) is 9.59 Å². The second-order valence-electron chi connectivity index (χ2n) is 3.72. The van der Waals surface area contributed by atoms with E-state index in [1.165, 1.54) is 18.3 Å². The molecule has 0 N–H and O–H groups in total. The molecular formula is C13H13BrNO2S+. The quantitative estimate of drug-likeness (QED) is 0.640. The number of hydrogen-bond donors (Lipinski definition) is 0. The highest BCUT2D eigenvalue weighted by Gasteiger charge is 2.14. The Balaban J connectivity index is 0.00000162.